The first-order valence-corrected chi connectivity index (χ1v) is 21.4. The maximum absolute atomic E-state index is 2.65. The largest absolute Gasteiger partial charge is 0.310 e. The Kier molecular flexibility index (Phi) is 6.94. The zero-order valence-corrected chi connectivity index (χ0v) is 32.6. The normalized spacial score (nSPS) is 22.6. The summed E-state index contributed by atoms with van der Waals surface area (Å²) in [6.07, 6.45) is 6.95. The van der Waals surface area contributed by atoms with Gasteiger partial charge in [0.25, 0.3) is 0 Å². The van der Waals surface area contributed by atoms with Gasteiger partial charge in [-0.3, -0.25) is 0 Å². The van der Waals surface area contributed by atoms with Crippen molar-refractivity contribution in [3.8, 4) is 27.9 Å². The first kappa shape index (κ1) is 32.7. The summed E-state index contributed by atoms with van der Waals surface area (Å²) in [6.45, 7) is 0. The van der Waals surface area contributed by atoms with Gasteiger partial charge in [0.05, 0.1) is 16.7 Å². The lowest BCUT2D eigenvalue weighted by molar-refractivity contribution is -0.0418. The summed E-state index contributed by atoms with van der Waals surface area (Å²) in [7, 11) is 0. The lowest BCUT2D eigenvalue weighted by atomic mass is 9.41. The van der Waals surface area contributed by atoms with Crippen LogP contribution >= 0.6 is 0 Å². The molecule has 5 aliphatic rings. The molecule has 0 atom stereocenters. The summed E-state index contributed by atoms with van der Waals surface area (Å²) < 4.78 is 2.63. The molecule has 2 nitrogen and oxygen atoms in total. The fourth-order valence-corrected chi connectivity index (χ4v) is 12.8. The molecule has 4 aliphatic carbocycles. The number of para-hydroxylation sites is 2. The van der Waals surface area contributed by atoms with Crippen molar-refractivity contribution < 1.29 is 0 Å². The van der Waals surface area contributed by atoms with Crippen molar-refractivity contribution in [3.63, 3.8) is 0 Å². The smallest absolute Gasteiger partial charge is 0.0582 e. The summed E-state index contributed by atoms with van der Waals surface area (Å²) in [5.74, 6) is 3.20. The van der Waals surface area contributed by atoms with Crippen molar-refractivity contribution in [3.05, 3.63) is 193 Å². The third kappa shape index (κ3) is 4.60. The number of hydrogen-bond acceptors (Lipinski definition) is 1. The van der Waals surface area contributed by atoms with Gasteiger partial charge >= 0.3 is 0 Å². The molecule has 2 heterocycles. The van der Waals surface area contributed by atoms with Crippen molar-refractivity contribution in [2.75, 3.05) is 4.90 Å². The van der Waals surface area contributed by atoms with Crippen LogP contribution in [-0.4, -0.2) is 4.57 Å². The van der Waals surface area contributed by atoms with E-state index in [2.05, 4.69) is 191 Å². The maximum Gasteiger partial charge on any atom is 0.0582 e. The quantitative estimate of drug-likeness (QED) is 0.170. The van der Waals surface area contributed by atoms with Gasteiger partial charge in [-0.1, -0.05) is 121 Å². The second-order valence-corrected chi connectivity index (χ2v) is 17.8. The SMILES string of the molecule is c1ccc(-c2ccc(N(c3ccc(-c4cc5c6c(c4)c4ccccc4n6-c4ccccc4C54C5CC6CC(C5)CC4C6)cc3)c3ccc4ccccc4c3)cc2)cc1. The van der Waals surface area contributed by atoms with Crippen LogP contribution in [0, 0.1) is 23.7 Å². The second-order valence-electron chi connectivity index (χ2n) is 17.8. The van der Waals surface area contributed by atoms with E-state index in [0.717, 1.165) is 28.9 Å². The van der Waals surface area contributed by atoms with Crippen LogP contribution in [0.15, 0.2) is 182 Å². The Morgan fingerprint density at radius 1 is 0.414 bits per heavy atom. The van der Waals surface area contributed by atoms with Gasteiger partial charge in [0, 0.05) is 33.2 Å². The molecule has 0 N–H and O–H groups in total. The highest BCUT2D eigenvalue weighted by Gasteiger charge is 2.61. The Morgan fingerprint density at radius 3 is 1.74 bits per heavy atom. The summed E-state index contributed by atoms with van der Waals surface area (Å²) in [6, 6.07) is 68.4. The van der Waals surface area contributed by atoms with E-state index >= 15 is 0 Å². The van der Waals surface area contributed by atoms with E-state index in [1.807, 2.05) is 0 Å². The zero-order valence-electron chi connectivity index (χ0n) is 32.6. The number of hydrogen-bond donors (Lipinski definition) is 0. The minimum atomic E-state index is 0.0569. The van der Waals surface area contributed by atoms with Gasteiger partial charge in [0.1, 0.15) is 0 Å². The average Bonchev–Trinajstić information content (AvgIpc) is 3.61. The second kappa shape index (κ2) is 12.3. The number of anilines is 3. The van der Waals surface area contributed by atoms with E-state index in [4.69, 9.17) is 0 Å². The predicted octanol–water partition coefficient (Wildman–Crippen LogP) is 14.8. The molecule has 278 valence electrons. The summed E-state index contributed by atoms with van der Waals surface area (Å²) in [4.78, 5) is 2.41. The first-order valence-electron chi connectivity index (χ1n) is 21.4. The molecule has 2 heteroatoms. The van der Waals surface area contributed by atoms with Crippen LogP contribution in [0.1, 0.15) is 43.2 Å². The van der Waals surface area contributed by atoms with Crippen LogP contribution in [0.5, 0.6) is 0 Å². The van der Waals surface area contributed by atoms with Crippen molar-refractivity contribution >= 4 is 49.6 Å². The fraction of sp³-hybridized carbons (Fsp3) is 0.179. The molecule has 0 saturated heterocycles. The minimum absolute atomic E-state index is 0.0569. The average molecular weight is 745 g/mol. The molecule has 8 aromatic carbocycles. The minimum Gasteiger partial charge on any atom is -0.310 e. The third-order valence-corrected chi connectivity index (χ3v) is 14.9. The Bertz CT molecular complexity index is 3030. The number of aromatic nitrogens is 1. The molecule has 0 amide bonds. The molecule has 0 radical (unpaired) electrons. The summed E-state index contributed by atoms with van der Waals surface area (Å²) >= 11 is 0. The molecular formula is C56H44N2. The molecule has 1 aromatic heterocycles. The standard InChI is InChI=1S/C56H44N2/c1-2-10-38(11-3-1)40-18-23-46(24-19-40)57(48-27-22-39-12-4-5-13-42(39)33-48)47-25-20-41(21-26-47)43-34-50-49-14-6-8-16-53(49)58-54-17-9-7-15-51(54)56(52(35-43)55(50)58)44-29-36-28-37(31-44)32-45(56)30-36/h1-27,33-37,44-45H,28-32H2. The van der Waals surface area contributed by atoms with Gasteiger partial charge in [-0.2, -0.15) is 0 Å². The molecule has 4 saturated carbocycles. The Balaban J connectivity index is 0.982. The van der Waals surface area contributed by atoms with Crippen LogP contribution in [0.25, 0.3) is 60.5 Å². The zero-order chi connectivity index (χ0) is 38.0. The Morgan fingerprint density at radius 2 is 1.00 bits per heavy atom. The highest BCUT2D eigenvalue weighted by atomic mass is 15.1. The van der Waals surface area contributed by atoms with Crippen molar-refractivity contribution in [2.45, 2.75) is 37.5 Å². The van der Waals surface area contributed by atoms with E-state index in [1.54, 1.807) is 11.1 Å². The van der Waals surface area contributed by atoms with Gasteiger partial charge in [-0.15, -0.1) is 0 Å². The predicted molar refractivity (Wildman–Crippen MR) is 242 cm³/mol. The summed E-state index contributed by atoms with van der Waals surface area (Å²) in [5, 5.41) is 5.24. The molecule has 4 fully saturated rings. The van der Waals surface area contributed by atoms with Gasteiger partial charge in [-0.25, -0.2) is 0 Å². The van der Waals surface area contributed by atoms with Crippen LogP contribution in [0.4, 0.5) is 17.1 Å². The molecule has 0 unspecified atom stereocenters. The van der Waals surface area contributed by atoms with Crippen LogP contribution < -0.4 is 4.90 Å². The van der Waals surface area contributed by atoms with Crippen LogP contribution in [0.3, 0.4) is 0 Å². The van der Waals surface area contributed by atoms with Gasteiger partial charge in [0.15, 0.2) is 0 Å². The Labute approximate surface area is 340 Å². The molecule has 1 aliphatic heterocycles. The highest BCUT2D eigenvalue weighted by molar-refractivity contribution is 6.13. The third-order valence-electron chi connectivity index (χ3n) is 14.9. The molecule has 58 heavy (non-hydrogen) atoms. The van der Waals surface area contributed by atoms with E-state index in [1.165, 1.54) is 92.6 Å². The van der Waals surface area contributed by atoms with Crippen molar-refractivity contribution in [1.82, 2.24) is 4.57 Å². The maximum atomic E-state index is 2.65. The molecule has 1 spiro atoms. The van der Waals surface area contributed by atoms with E-state index in [9.17, 15) is 0 Å². The molecule has 4 bridgehead atoms. The van der Waals surface area contributed by atoms with E-state index < -0.39 is 0 Å². The van der Waals surface area contributed by atoms with E-state index in [-0.39, 0.29) is 5.41 Å². The fourth-order valence-electron chi connectivity index (χ4n) is 12.8. The van der Waals surface area contributed by atoms with Crippen molar-refractivity contribution in [1.29, 1.82) is 0 Å². The first-order chi connectivity index (χ1) is 28.7. The Hall–Kier alpha value is -6.38. The van der Waals surface area contributed by atoms with E-state index in [0.29, 0.717) is 11.8 Å². The number of benzene rings is 8. The van der Waals surface area contributed by atoms with Crippen LogP contribution in [0.2, 0.25) is 0 Å². The lowest BCUT2D eigenvalue weighted by Gasteiger charge is -2.63. The lowest BCUT2D eigenvalue weighted by Crippen LogP contribution is -2.57. The van der Waals surface area contributed by atoms with Gasteiger partial charge < -0.3 is 9.47 Å². The number of nitrogens with zero attached hydrogens (tertiary/aromatic N) is 2. The topological polar surface area (TPSA) is 8.17 Å². The van der Waals surface area contributed by atoms with Crippen LogP contribution in [-0.2, 0) is 5.41 Å². The molecular weight excluding hydrogens is 701 g/mol. The highest BCUT2D eigenvalue weighted by Crippen LogP contribution is 2.68. The number of fused-ring (bicyclic) bond motifs is 6. The molecule has 9 aromatic rings. The molecule has 14 rings (SSSR count). The van der Waals surface area contributed by atoms with Gasteiger partial charge in [0.2, 0.25) is 0 Å². The monoisotopic (exact) mass is 744 g/mol. The summed E-state index contributed by atoms with van der Waals surface area (Å²) in [5.41, 5.74) is 15.9. The van der Waals surface area contributed by atoms with Gasteiger partial charge in [-0.05, 0) is 161 Å². The van der Waals surface area contributed by atoms with Crippen molar-refractivity contribution in [2.24, 2.45) is 23.7 Å². The number of rotatable bonds is 5.